The molecule has 0 saturated carbocycles. The van der Waals surface area contributed by atoms with Crippen LogP contribution < -0.4 is 5.32 Å². The van der Waals surface area contributed by atoms with Crippen molar-refractivity contribution in [2.45, 2.75) is 25.4 Å². The van der Waals surface area contributed by atoms with E-state index in [2.05, 4.69) is 5.32 Å². The number of carbonyl (C=O) groups excluding carboxylic acids is 1. The number of likely N-dealkylation sites (tertiary alicyclic amines) is 1. The highest BCUT2D eigenvalue weighted by molar-refractivity contribution is 5.89. The quantitative estimate of drug-likeness (QED) is 0.805. The van der Waals surface area contributed by atoms with Crippen molar-refractivity contribution in [2.24, 2.45) is 0 Å². The van der Waals surface area contributed by atoms with Crippen LogP contribution in [-0.2, 0) is 0 Å². The van der Waals surface area contributed by atoms with Gasteiger partial charge in [-0.15, -0.1) is 0 Å². The molecule has 0 spiro atoms. The Kier molecular flexibility index (Phi) is 3.52. The van der Waals surface area contributed by atoms with Crippen molar-refractivity contribution < 1.29 is 14.3 Å². The van der Waals surface area contributed by atoms with E-state index in [-0.39, 0.29) is 18.3 Å². The zero-order valence-corrected chi connectivity index (χ0v) is 10.3. The third-order valence-corrected chi connectivity index (χ3v) is 3.08. The topological polar surface area (TPSA) is 52.6 Å². The summed E-state index contributed by atoms with van der Waals surface area (Å²) in [6.07, 6.45) is 1.42. The van der Waals surface area contributed by atoms with Gasteiger partial charge in [0.2, 0.25) is 0 Å². The van der Waals surface area contributed by atoms with Crippen LogP contribution >= 0.6 is 0 Å². The van der Waals surface area contributed by atoms with Crippen molar-refractivity contribution in [2.75, 3.05) is 18.4 Å². The average molecular weight is 252 g/mol. The van der Waals surface area contributed by atoms with Crippen LogP contribution in [0.4, 0.5) is 14.9 Å². The Balaban J connectivity index is 2.02. The van der Waals surface area contributed by atoms with Crippen LogP contribution in [-0.4, -0.2) is 34.7 Å². The molecule has 4 nitrogen and oxygen atoms in total. The van der Waals surface area contributed by atoms with Gasteiger partial charge in [-0.2, -0.15) is 0 Å². The van der Waals surface area contributed by atoms with Crippen molar-refractivity contribution in [3.05, 3.63) is 30.1 Å². The molecule has 1 atom stereocenters. The minimum Gasteiger partial charge on any atom is -0.388 e. The summed E-state index contributed by atoms with van der Waals surface area (Å²) in [5.41, 5.74) is -0.696. The van der Waals surface area contributed by atoms with E-state index >= 15 is 0 Å². The van der Waals surface area contributed by atoms with Crippen LogP contribution in [0.3, 0.4) is 0 Å². The number of para-hydroxylation sites is 1. The second-order valence-electron chi connectivity index (χ2n) is 4.93. The van der Waals surface area contributed by atoms with Crippen LogP contribution in [0, 0.1) is 5.82 Å². The van der Waals surface area contributed by atoms with Crippen LogP contribution in [0.15, 0.2) is 24.3 Å². The smallest absolute Gasteiger partial charge is 0.322 e. The van der Waals surface area contributed by atoms with Gasteiger partial charge in [0.05, 0.1) is 17.8 Å². The normalized spacial score (nSPS) is 23.8. The summed E-state index contributed by atoms with van der Waals surface area (Å²) in [5.74, 6) is -0.463. The molecule has 1 aliphatic rings. The third kappa shape index (κ3) is 2.98. The summed E-state index contributed by atoms with van der Waals surface area (Å²) in [6.45, 7) is 2.55. The molecule has 1 aliphatic heterocycles. The van der Waals surface area contributed by atoms with E-state index in [4.69, 9.17) is 0 Å². The van der Waals surface area contributed by atoms with Gasteiger partial charge in [0.15, 0.2) is 0 Å². The number of halogens is 1. The number of amides is 2. The van der Waals surface area contributed by atoms with E-state index in [1.165, 1.54) is 17.0 Å². The molecule has 2 amide bonds. The molecule has 1 saturated heterocycles. The summed E-state index contributed by atoms with van der Waals surface area (Å²) in [7, 11) is 0. The molecule has 0 bridgehead atoms. The number of hydrogen-bond acceptors (Lipinski definition) is 2. The fraction of sp³-hybridized carbons (Fsp3) is 0.462. The molecule has 18 heavy (non-hydrogen) atoms. The monoisotopic (exact) mass is 252 g/mol. The van der Waals surface area contributed by atoms with E-state index in [1.54, 1.807) is 19.1 Å². The van der Waals surface area contributed by atoms with Crippen molar-refractivity contribution in [3.63, 3.8) is 0 Å². The van der Waals surface area contributed by atoms with Crippen LogP contribution in [0.1, 0.15) is 19.8 Å². The number of urea groups is 1. The Morgan fingerprint density at radius 3 is 2.89 bits per heavy atom. The first-order chi connectivity index (χ1) is 8.48. The van der Waals surface area contributed by atoms with E-state index in [0.717, 1.165) is 6.42 Å². The standard InChI is InChI=1S/C13H17FN2O2/c1-13(18)7-4-8-16(9-13)12(17)15-11-6-3-2-5-10(11)14/h2-3,5-6,18H,4,7-9H2,1H3,(H,15,17). The highest BCUT2D eigenvalue weighted by Gasteiger charge is 2.31. The summed E-state index contributed by atoms with van der Waals surface area (Å²) in [4.78, 5) is 13.5. The number of piperidine rings is 1. The number of β-amino-alcohol motifs (C(OH)–C–C–N with tert-alkyl or cyclic N) is 1. The van der Waals surface area contributed by atoms with Gasteiger partial charge < -0.3 is 15.3 Å². The van der Waals surface area contributed by atoms with Crippen LogP contribution in [0.5, 0.6) is 0 Å². The first-order valence-corrected chi connectivity index (χ1v) is 6.01. The number of benzene rings is 1. The number of nitrogens with zero attached hydrogens (tertiary/aromatic N) is 1. The van der Waals surface area contributed by atoms with Gasteiger partial charge in [0.1, 0.15) is 5.82 Å². The summed E-state index contributed by atoms with van der Waals surface area (Å²) in [6, 6.07) is 5.65. The summed E-state index contributed by atoms with van der Waals surface area (Å²) < 4.78 is 13.4. The molecular formula is C13H17FN2O2. The largest absolute Gasteiger partial charge is 0.388 e. The highest BCUT2D eigenvalue weighted by Crippen LogP contribution is 2.21. The number of carbonyl (C=O) groups is 1. The molecule has 1 aromatic rings. The molecule has 0 aromatic heterocycles. The average Bonchev–Trinajstić information content (AvgIpc) is 2.31. The Morgan fingerprint density at radius 1 is 1.50 bits per heavy atom. The zero-order chi connectivity index (χ0) is 13.2. The number of nitrogens with one attached hydrogen (secondary N) is 1. The molecule has 2 rings (SSSR count). The maximum atomic E-state index is 13.4. The Morgan fingerprint density at radius 2 is 2.22 bits per heavy atom. The maximum Gasteiger partial charge on any atom is 0.322 e. The van der Waals surface area contributed by atoms with Crippen molar-refractivity contribution in [3.8, 4) is 0 Å². The SMILES string of the molecule is CC1(O)CCCN(C(=O)Nc2ccccc2F)C1. The van der Waals surface area contributed by atoms with Gasteiger partial charge >= 0.3 is 6.03 Å². The Bertz CT molecular complexity index is 448. The Labute approximate surface area is 105 Å². The Hall–Kier alpha value is -1.62. The molecule has 2 N–H and O–H groups in total. The van der Waals surface area contributed by atoms with Gasteiger partial charge in [-0.05, 0) is 31.9 Å². The predicted octanol–water partition coefficient (Wildman–Crippen LogP) is 2.20. The van der Waals surface area contributed by atoms with Gasteiger partial charge in [0.25, 0.3) is 0 Å². The fourth-order valence-electron chi connectivity index (χ4n) is 2.15. The number of hydrogen-bond donors (Lipinski definition) is 2. The molecule has 5 heteroatoms. The van der Waals surface area contributed by atoms with Gasteiger partial charge in [-0.1, -0.05) is 12.1 Å². The van der Waals surface area contributed by atoms with E-state index in [1.807, 2.05) is 0 Å². The first-order valence-electron chi connectivity index (χ1n) is 6.01. The van der Waals surface area contributed by atoms with Gasteiger partial charge in [-0.3, -0.25) is 0 Å². The summed E-state index contributed by atoms with van der Waals surface area (Å²) in [5, 5.41) is 12.4. The minimum absolute atomic E-state index is 0.160. The molecule has 1 unspecified atom stereocenters. The lowest BCUT2D eigenvalue weighted by Gasteiger charge is -2.36. The molecule has 1 heterocycles. The van der Waals surface area contributed by atoms with Crippen LogP contribution in [0.25, 0.3) is 0 Å². The molecule has 98 valence electrons. The molecule has 0 radical (unpaired) electrons. The summed E-state index contributed by atoms with van der Waals surface area (Å²) >= 11 is 0. The van der Waals surface area contributed by atoms with Crippen molar-refractivity contribution in [1.82, 2.24) is 4.90 Å². The lowest BCUT2D eigenvalue weighted by atomic mass is 9.95. The molecule has 1 aromatic carbocycles. The maximum absolute atomic E-state index is 13.4. The minimum atomic E-state index is -0.856. The number of rotatable bonds is 1. The molecular weight excluding hydrogens is 235 g/mol. The van der Waals surface area contributed by atoms with Gasteiger partial charge in [-0.25, -0.2) is 9.18 Å². The lowest BCUT2D eigenvalue weighted by molar-refractivity contribution is -0.000641. The zero-order valence-electron chi connectivity index (χ0n) is 10.3. The third-order valence-electron chi connectivity index (χ3n) is 3.08. The molecule has 0 aliphatic carbocycles. The fourth-order valence-corrected chi connectivity index (χ4v) is 2.15. The molecule has 1 fully saturated rings. The van der Waals surface area contributed by atoms with Crippen molar-refractivity contribution in [1.29, 1.82) is 0 Å². The first kappa shape index (κ1) is 12.8. The second-order valence-corrected chi connectivity index (χ2v) is 4.93. The van der Waals surface area contributed by atoms with E-state index in [9.17, 15) is 14.3 Å². The highest BCUT2D eigenvalue weighted by atomic mass is 19.1. The van der Waals surface area contributed by atoms with Crippen LogP contribution in [0.2, 0.25) is 0 Å². The number of aliphatic hydroxyl groups is 1. The van der Waals surface area contributed by atoms with Gasteiger partial charge in [0, 0.05) is 6.54 Å². The predicted molar refractivity (Wildman–Crippen MR) is 66.8 cm³/mol. The second kappa shape index (κ2) is 4.94. The van der Waals surface area contributed by atoms with Crippen molar-refractivity contribution >= 4 is 11.7 Å². The van der Waals surface area contributed by atoms with E-state index in [0.29, 0.717) is 13.0 Å². The lowest BCUT2D eigenvalue weighted by Crippen LogP contribution is -2.50. The van der Waals surface area contributed by atoms with E-state index < -0.39 is 11.4 Å². The number of anilines is 1.